The average molecular weight is 306 g/mol. The molecule has 2 aromatic carbocycles. The van der Waals surface area contributed by atoms with E-state index in [0.717, 1.165) is 23.3 Å². The summed E-state index contributed by atoms with van der Waals surface area (Å²) in [4.78, 5) is 11.8. The molecule has 0 saturated heterocycles. The molecule has 1 aliphatic carbocycles. The Morgan fingerprint density at radius 3 is 2.61 bits per heavy atom. The van der Waals surface area contributed by atoms with Gasteiger partial charge >= 0.3 is 0 Å². The van der Waals surface area contributed by atoms with Gasteiger partial charge in [-0.3, -0.25) is 4.79 Å². The van der Waals surface area contributed by atoms with Crippen LogP contribution in [0.15, 0.2) is 54.6 Å². The first-order valence-electron chi connectivity index (χ1n) is 7.69. The van der Waals surface area contributed by atoms with Crippen LogP contribution in [0.5, 0.6) is 5.75 Å². The Morgan fingerprint density at radius 2 is 1.91 bits per heavy atom. The quantitative estimate of drug-likeness (QED) is 0.834. The Hall–Kier alpha value is -2.80. The van der Waals surface area contributed by atoms with E-state index in [0.29, 0.717) is 6.61 Å². The number of carbonyl (C=O) groups excluding carboxylic acids is 1. The zero-order valence-electron chi connectivity index (χ0n) is 12.7. The maximum absolute atomic E-state index is 11.8. The lowest BCUT2D eigenvalue weighted by Gasteiger charge is -2.07. The molecule has 1 aliphatic rings. The number of benzene rings is 2. The number of nitrogens with zero attached hydrogens (tertiary/aromatic N) is 1. The topological polar surface area (TPSA) is 62.1 Å². The fourth-order valence-corrected chi connectivity index (χ4v) is 2.66. The predicted octanol–water partition coefficient (Wildman–Crippen LogP) is 3.01. The normalized spacial score (nSPS) is 18.7. The van der Waals surface area contributed by atoms with E-state index in [-0.39, 0.29) is 24.3 Å². The third kappa shape index (κ3) is 3.89. The molecule has 1 N–H and O–H groups in total. The smallest absolute Gasteiger partial charge is 0.224 e. The summed E-state index contributed by atoms with van der Waals surface area (Å²) in [5, 5.41) is 11.1. The molecule has 23 heavy (non-hydrogen) atoms. The number of nitrogens with one attached hydrogen (secondary N) is 1. The van der Waals surface area contributed by atoms with Crippen molar-refractivity contribution in [2.75, 3.05) is 6.54 Å². The first-order chi connectivity index (χ1) is 11.3. The Kier molecular flexibility index (Phi) is 4.58. The molecule has 0 heterocycles. The van der Waals surface area contributed by atoms with E-state index >= 15 is 0 Å². The largest absolute Gasteiger partial charge is 0.489 e. The van der Waals surface area contributed by atoms with E-state index in [4.69, 9.17) is 10.00 Å². The summed E-state index contributed by atoms with van der Waals surface area (Å²) in [7, 11) is 0. The van der Waals surface area contributed by atoms with Gasteiger partial charge in [-0.05, 0) is 35.6 Å². The van der Waals surface area contributed by atoms with Gasteiger partial charge in [0.25, 0.3) is 0 Å². The molecular formula is C19H18N2O2. The number of hydrogen-bond donors (Lipinski definition) is 1. The summed E-state index contributed by atoms with van der Waals surface area (Å²) < 4.78 is 5.76. The van der Waals surface area contributed by atoms with Crippen molar-refractivity contribution in [3.63, 3.8) is 0 Å². The third-order valence-electron chi connectivity index (χ3n) is 4.03. The van der Waals surface area contributed by atoms with Crippen LogP contribution in [0.1, 0.15) is 23.5 Å². The van der Waals surface area contributed by atoms with E-state index in [2.05, 4.69) is 5.32 Å². The molecule has 1 amide bonds. The third-order valence-corrected chi connectivity index (χ3v) is 4.03. The lowest BCUT2D eigenvalue weighted by atomic mass is 10.1. The van der Waals surface area contributed by atoms with Crippen molar-refractivity contribution in [3.8, 4) is 11.8 Å². The first-order valence-corrected chi connectivity index (χ1v) is 7.69. The standard InChI is InChI=1S/C19H18N2O2/c20-10-11-21-19(22)18-12-17(18)15-6-8-16(9-7-15)23-13-14-4-2-1-3-5-14/h1-9,17-18H,11-13H2,(H,21,22). The molecule has 0 aliphatic heterocycles. The van der Waals surface area contributed by atoms with Gasteiger partial charge in [0.15, 0.2) is 0 Å². The van der Waals surface area contributed by atoms with Crippen LogP contribution in [-0.4, -0.2) is 12.5 Å². The Bertz CT molecular complexity index is 704. The maximum atomic E-state index is 11.8. The van der Waals surface area contributed by atoms with Gasteiger partial charge < -0.3 is 10.1 Å². The second-order valence-corrected chi connectivity index (χ2v) is 5.67. The van der Waals surface area contributed by atoms with Gasteiger partial charge in [0.2, 0.25) is 5.91 Å². The number of rotatable bonds is 6. The molecule has 0 aromatic heterocycles. The van der Waals surface area contributed by atoms with Crippen LogP contribution < -0.4 is 10.1 Å². The fourth-order valence-electron chi connectivity index (χ4n) is 2.66. The highest BCUT2D eigenvalue weighted by Gasteiger charge is 2.43. The van der Waals surface area contributed by atoms with Crippen molar-refractivity contribution in [2.24, 2.45) is 5.92 Å². The van der Waals surface area contributed by atoms with Crippen LogP contribution in [-0.2, 0) is 11.4 Å². The summed E-state index contributed by atoms with van der Waals surface area (Å²) in [6.07, 6.45) is 0.849. The number of nitriles is 1. The van der Waals surface area contributed by atoms with Gasteiger partial charge in [0, 0.05) is 5.92 Å². The van der Waals surface area contributed by atoms with Crippen LogP contribution in [0.25, 0.3) is 0 Å². The van der Waals surface area contributed by atoms with Crippen molar-refractivity contribution in [1.29, 1.82) is 5.26 Å². The molecule has 4 heteroatoms. The Morgan fingerprint density at radius 1 is 1.17 bits per heavy atom. The van der Waals surface area contributed by atoms with E-state index in [1.807, 2.05) is 60.7 Å². The molecule has 1 fully saturated rings. The van der Waals surface area contributed by atoms with E-state index in [1.165, 1.54) is 0 Å². The molecule has 0 bridgehead atoms. The highest BCUT2D eigenvalue weighted by Crippen LogP contribution is 2.47. The van der Waals surface area contributed by atoms with Crippen molar-refractivity contribution in [2.45, 2.75) is 18.9 Å². The maximum Gasteiger partial charge on any atom is 0.224 e. The molecule has 0 radical (unpaired) electrons. The lowest BCUT2D eigenvalue weighted by Crippen LogP contribution is -2.25. The minimum absolute atomic E-state index is 0.000521. The van der Waals surface area contributed by atoms with Crippen molar-refractivity contribution >= 4 is 5.91 Å². The van der Waals surface area contributed by atoms with Crippen LogP contribution >= 0.6 is 0 Å². The molecule has 116 valence electrons. The Balaban J connectivity index is 1.52. The minimum Gasteiger partial charge on any atom is -0.489 e. The number of hydrogen-bond acceptors (Lipinski definition) is 3. The van der Waals surface area contributed by atoms with Gasteiger partial charge in [-0.25, -0.2) is 0 Å². The SMILES string of the molecule is N#CCNC(=O)C1CC1c1ccc(OCc2ccccc2)cc1. The first kappa shape index (κ1) is 15.1. The monoisotopic (exact) mass is 306 g/mol. The van der Waals surface area contributed by atoms with Gasteiger partial charge in [-0.15, -0.1) is 0 Å². The van der Waals surface area contributed by atoms with Gasteiger partial charge in [-0.2, -0.15) is 5.26 Å². The van der Waals surface area contributed by atoms with Crippen LogP contribution in [0.3, 0.4) is 0 Å². The van der Waals surface area contributed by atoms with E-state index < -0.39 is 0 Å². The molecule has 2 aromatic rings. The molecule has 2 atom stereocenters. The summed E-state index contributed by atoms with van der Waals surface area (Å²) in [5.74, 6) is 1.06. The summed E-state index contributed by atoms with van der Waals surface area (Å²) >= 11 is 0. The zero-order chi connectivity index (χ0) is 16.1. The number of amides is 1. The second kappa shape index (κ2) is 6.97. The molecule has 1 saturated carbocycles. The van der Waals surface area contributed by atoms with Gasteiger partial charge in [0.1, 0.15) is 18.9 Å². The van der Waals surface area contributed by atoms with E-state index in [1.54, 1.807) is 0 Å². The lowest BCUT2D eigenvalue weighted by molar-refractivity contribution is -0.122. The van der Waals surface area contributed by atoms with Crippen LogP contribution in [0.2, 0.25) is 0 Å². The van der Waals surface area contributed by atoms with Gasteiger partial charge in [0.05, 0.1) is 6.07 Å². The second-order valence-electron chi connectivity index (χ2n) is 5.67. The minimum atomic E-state index is -0.0269. The molecule has 4 nitrogen and oxygen atoms in total. The van der Waals surface area contributed by atoms with E-state index in [9.17, 15) is 4.79 Å². The summed E-state index contributed by atoms with van der Waals surface area (Å²) in [5.41, 5.74) is 2.28. The van der Waals surface area contributed by atoms with Crippen molar-refractivity contribution in [1.82, 2.24) is 5.32 Å². The summed E-state index contributed by atoms with van der Waals surface area (Å²) in [6.45, 7) is 0.622. The average Bonchev–Trinajstić information content (AvgIpc) is 3.40. The van der Waals surface area contributed by atoms with Crippen molar-refractivity contribution < 1.29 is 9.53 Å². The number of carbonyl (C=O) groups is 1. The van der Waals surface area contributed by atoms with Gasteiger partial charge in [-0.1, -0.05) is 42.5 Å². The van der Waals surface area contributed by atoms with Crippen molar-refractivity contribution in [3.05, 3.63) is 65.7 Å². The summed E-state index contributed by atoms with van der Waals surface area (Å²) in [6, 6.07) is 19.9. The zero-order valence-corrected chi connectivity index (χ0v) is 12.7. The molecule has 2 unspecified atom stereocenters. The highest BCUT2D eigenvalue weighted by atomic mass is 16.5. The molecular weight excluding hydrogens is 288 g/mol. The Labute approximate surface area is 135 Å². The predicted molar refractivity (Wildman–Crippen MR) is 86.7 cm³/mol. The molecule has 0 spiro atoms. The van der Waals surface area contributed by atoms with Crippen LogP contribution in [0, 0.1) is 17.2 Å². The molecule has 3 rings (SSSR count). The number of ether oxygens (including phenoxy) is 1. The fraction of sp³-hybridized carbons (Fsp3) is 0.263. The highest BCUT2D eigenvalue weighted by molar-refractivity contribution is 5.83. The van der Waals surface area contributed by atoms with Crippen LogP contribution in [0.4, 0.5) is 0 Å².